The summed E-state index contributed by atoms with van der Waals surface area (Å²) in [5.74, 6) is -0.112. The molecule has 0 aromatic heterocycles. The topological polar surface area (TPSA) is 75.5 Å². The molecule has 1 unspecified atom stereocenters. The number of para-hydroxylation sites is 1. The third kappa shape index (κ3) is 2.80. The number of nitrogens with one attached hydrogen (secondary N) is 1. The number of non-ortho nitro benzene ring substituents is 1. The standard InChI is InChI=1S/C17H16ClN3O3/c1-2-9-20-16(13-10-11(21(23)24)7-8-14(13)18)19-15-6-4-3-5-12(15)17(20)22/h3-8,10,16,19H,2,9H2,1H3. The van der Waals surface area contributed by atoms with Crippen molar-refractivity contribution >= 4 is 28.9 Å². The van der Waals surface area contributed by atoms with Crippen molar-refractivity contribution in [3.8, 4) is 0 Å². The molecule has 0 saturated carbocycles. The van der Waals surface area contributed by atoms with Gasteiger partial charge in [-0.2, -0.15) is 0 Å². The molecule has 6 nitrogen and oxygen atoms in total. The zero-order valence-electron chi connectivity index (χ0n) is 13.0. The van der Waals surface area contributed by atoms with Gasteiger partial charge in [0.05, 0.1) is 10.5 Å². The molecule has 1 aliphatic rings. The molecule has 0 spiro atoms. The largest absolute Gasteiger partial charge is 0.361 e. The number of carbonyl (C=O) groups is 1. The summed E-state index contributed by atoms with van der Waals surface area (Å²) in [6.07, 6.45) is 0.221. The van der Waals surface area contributed by atoms with Crippen molar-refractivity contribution < 1.29 is 9.72 Å². The molecular formula is C17H16ClN3O3. The Hall–Kier alpha value is -2.60. The van der Waals surface area contributed by atoms with Gasteiger partial charge in [0.1, 0.15) is 6.17 Å². The number of benzene rings is 2. The van der Waals surface area contributed by atoms with Gasteiger partial charge in [0.25, 0.3) is 11.6 Å². The van der Waals surface area contributed by atoms with Gasteiger partial charge in [0.15, 0.2) is 0 Å². The second-order valence-electron chi connectivity index (χ2n) is 5.55. The van der Waals surface area contributed by atoms with E-state index in [2.05, 4.69) is 5.32 Å². The summed E-state index contributed by atoms with van der Waals surface area (Å²) >= 11 is 6.27. The number of nitrogens with zero attached hydrogens (tertiary/aromatic N) is 2. The van der Waals surface area contributed by atoms with Crippen LogP contribution in [0.1, 0.15) is 35.4 Å². The minimum Gasteiger partial charge on any atom is -0.361 e. The average molecular weight is 346 g/mol. The SMILES string of the molecule is CCCN1C(=O)c2ccccc2NC1c1cc([N+](=O)[O-])ccc1Cl. The molecule has 3 rings (SSSR count). The molecule has 1 heterocycles. The molecule has 1 N–H and O–H groups in total. The Bertz CT molecular complexity index is 809. The van der Waals surface area contributed by atoms with Crippen LogP contribution in [0.25, 0.3) is 0 Å². The Morgan fingerprint density at radius 3 is 2.75 bits per heavy atom. The van der Waals surface area contributed by atoms with Gasteiger partial charge < -0.3 is 10.2 Å². The Morgan fingerprint density at radius 2 is 2.04 bits per heavy atom. The molecule has 0 aliphatic carbocycles. The third-order valence-corrected chi connectivity index (χ3v) is 4.32. The molecule has 2 aromatic carbocycles. The van der Waals surface area contributed by atoms with Crippen molar-refractivity contribution in [1.82, 2.24) is 4.90 Å². The molecule has 0 saturated heterocycles. The van der Waals surface area contributed by atoms with E-state index in [1.165, 1.54) is 18.2 Å². The van der Waals surface area contributed by atoms with Crippen molar-refractivity contribution in [3.05, 3.63) is 68.7 Å². The van der Waals surface area contributed by atoms with E-state index in [-0.39, 0.29) is 11.6 Å². The molecule has 7 heteroatoms. The highest BCUT2D eigenvalue weighted by Crippen LogP contribution is 2.37. The molecule has 0 bridgehead atoms. The van der Waals surface area contributed by atoms with Crippen molar-refractivity contribution in [1.29, 1.82) is 0 Å². The predicted octanol–water partition coefficient (Wildman–Crippen LogP) is 4.22. The number of anilines is 1. The van der Waals surface area contributed by atoms with E-state index in [1.54, 1.807) is 11.0 Å². The molecule has 124 valence electrons. The predicted molar refractivity (Wildman–Crippen MR) is 92.2 cm³/mol. The maximum absolute atomic E-state index is 12.8. The summed E-state index contributed by atoms with van der Waals surface area (Å²) in [4.78, 5) is 25.1. The summed E-state index contributed by atoms with van der Waals surface area (Å²) in [5, 5.41) is 14.7. The zero-order valence-corrected chi connectivity index (χ0v) is 13.8. The van der Waals surface area contributed by atoms with Gasteiger partial charge in [-0.15, -0.1) is 0 Å². The van der Waals surface area contributed by atoms with Gasteiger partial charge in [-0.1, -0.05) is 30.7 Å². The number of carbonyl (C=O) groups excluding carboxylic acids is 1. The molecule has 1 aliphatic heterocycles. The van der Waals surface area contributed by atoms with E-state index < -0.39 is 11.1 Å². The molecule has 24 heavy (non-hydrogen) atoms. The quantitative estimate of drug-likeness (QED) is 0.664. The minimum absolute atomic E-state index is 0.0565. The third-order valence-electron chi connectivity index (χ3n) is 3.97. The fourth-order valence-corrected chi connectivity index (χ4v) is 3.08. The van der Waals surface area contributed by atoms with E-state index in [0.717, 1.165) is 6.42 Å². The second kappa shape index (κ2) is 6.49. The van der Waals surface area contributed by atoms with Crippen LogP contribution in [0.3, 0.4) is 0 Å². The number of rotatable bonds is 4. The van der Waals surface area contributed by atoms with E-state index in [0.29, 0.717) is 28.4 Å². The maximum atomic E-state index is 12.8. The van der Waals surface area contributed by atoms with Gasteiger partial charge in [-0.25, -0.2) is 0 Å². The summed E-state index contributed by atoms with van der Waals surface area (Å²) in [7, 11) is 0. The molecule has 1 amide bonds. The van der Waals surface area contributed by atoms with Crippen LogP contribution in [0, 0.1) is 10.1 Å². The number of fused-ring (bicyclic) bond motifs is 1. The van der Waals surface area contributed by atoms with E-state index in [9.17, 15) is 14.9 Å². The Morgan fingerprint density at radius 1 is 1.29 bits per heavy atom. The highest BCUT2D eigenvalue weighted by Gasteiger charge is 2.33. The van der Waals surface area contributed by atoms with Gasteiger partial charge in [-0.05, 0) is 24.6 Å². The monoisotopic (exact) mass is 345 g/mol. The van der Waals surface area contributed by atoms with Gasteiger partial charge in [0.2, 0.25) is 0 Å². The van der Waals surface area contributed by atoms with E-state index in [1.807, 2.05) is 25.1 Å². The fourth-order valence-electron chi connectivity index (χ4n) is 2.86. The first-order valence-corrected chi connectivity index (χ1v) is 8.01. The number of nitro groups is 1. The summed E-state index contributed by atoms with van der Waals surface area (Å²) in [6.45, 7) is 2.49. The first-order valence-electron chi connectivity index (χ1n) is 7.63. The smallest absolute Gasteiger partial charge is 0.269 e. The fraction of sp³-hybridized carbons (Fsp3) is 0.235. The normalized spacial score (nSPS) is 16.5. The number of hydrogen-bond donors (Lipinski definition) is 1. The Balaban J connectivity index is 2.10. The number of nitro benzene ring substituents is 1. The highest BCUT2D eigenvalue weighted by molar-refractivity contribution is 6.31. The van der Waals surface area contributed by atoms with E-state index in [4.69, 9.17) is 11.6 Å². The highest BCUT2D eigenvalue weighted by atomic mass is 35.5. The first kappa shape index (κ1) is 16.3. The number of amides is 1. The molecule has 0 fully saturated rings. The Kier molecular flexibility index (Phi) is 4.40. The minimum atomic E-state index is -0.542. The van der Waals surface area contributed by atoms with Crippen LogP contribution in [0.2, 0.25) is 5.02 Å². The lowest BCUT2D eigenvalue weighted by molar-refractivity contribution is -0.384. The van der Waals surface area contributed by atoms with Crippen LogP contribution < -0.4 is 5.32 Å². The molecular weight excluding hydrogens is 330 g/mol. The van der Waals surface area contributed by atoms with Crippen molar-refractivity contribution in [2.75, 3.05) is 11.9 Å². The first-order chi connectivity index (χ1) is 11.5. The van der Waals surface area contributed by atoms with Crippen molar-refractivity contribution in [3.63, 3.8) is 0 Å². The van der Waals surface area contributed by atoms with Crippen LogP contribution in [0.15, 0.2) is 42.5 Å². The summed E-state index contributed by atoms with van der Waals surface area (Å²) in [5.41, 5.74) is 1.74. The lowest BCUT2D eigenvalue weighted by atomic mass is 10.0. The number of halogens is 1. The van der Waals surface area contributed by atoms with Crippen LogP contribution in [0.5, 0.6) is 0 Å². The van der Waals surface area contributed by atoms with Crippen LogP contribution in [-0.4, -0.2) is 22.3 Å². The molecule has 1 atom stereocenters. The lowest BCUT2D eigenvalue weighted by Gasteiger charge is -2.38. The van der Waals surface area contributed by atoms with Crippen LogP contribution >= 0.6 is 11.6 Å². The maximum Gasteiger partial charge on any atom is 0.269 e. The zero-order chi connectivity index (χ0) is 17.3. The molecule has 0 radical (unpaired) electrons. The molecule has 2 aromatic rings. The second-order valence-corrected chi connectivity index (χ2v) is 5.96. The van der Waals surface area contributed by atoms with Crippen LogP contribution in [-0.2, 0) is 0 Å². The van der Waals surface area contributed by atoms with Gasteiger partial charge >= 0.3 is 0 Å². The summed E-state index contributed by atoms with van der Waals surface area (Å²) in [6, 6.07) is 11.5. The van der Waals surface area contributed by atoms with Crippen LogP contribution in [0.4, 0.5) is 11.4 Å². The van der Waals surface area contributed by atoms with Crippen molar-refractivity contribution in [2.24, 2.45) is 0 Å². The number of hydrogen-bond acceptors (Lipinski definition) is 4. The lowest BCUT2D eigenvalue weighted by Crippen LogP contribution is -2.43. The Labute approximate surface area is 144 Å². The van der Waals surface area contributed by atoms with Gasteiger partial charge in [0, 0.05) is 35.0 Å². The van der Waals surface area contributed by atoms with Crippen molar-refractivity contribution in [2.45, 2.75) is 19.5 Å². The average Bonchev–Trinajstić information content (AvgIpc) is 2.58. The van der Waals surface area contributed by atoms with E-state index >= 15 is 0 Å². The summed E-state index contributed by atoms with van der Waals surface area (Å²) < 4.78 is 0. The van der Waals surface area contributed by atoms with Gasteiger partial charge in [-0.3, -0.25) is 14.9 Å².